The lowest BCUT2D eigenvalue weighted by atomic mass is 9.93. The predicted octanol–water partition coefficient (Wildman–Crippen LogP) is 7.14. The summed E-state index contributed by atoms with van der Waals surface area (Å²) in [5, 5.41) is 0. The van der Waals surface area contributed by atoms with Crippen molar-refractivity contribution in [3.05, 3.63) is 71.8 Å². The first-order valence-electron chi connectivity index (χ1n) is 14.8. The quantitative estimate of drug-likeness (QED) is 0.350. The number of benzene rings is 2. The van der Waals surface area contributed by atoms with Crippen LogP contribution < -0.4 is 0 Å². The maximum absolute atomic E-state index is 12.4. The van der Waals surface area contributed by atoms with Gasteiger partial charge in [-0.3, -0.25) is 4.79 Å². The van der Waals surface area contributed by atoms with Gasteiger partial charge in [-0.05, 0) is 71.4 Å². The number of carbonyl (C=O) groups excluding carboxylic acids is 2. The summed E-state index contributed by atoms with van der Waals surface area (Å²) in [5.41, 5.74) is 1.10. The lowest BCUT2D eigenvalue weighted by molar-refractivity contribution is -0.189. The van der Waals surface area contributed by atoms with E-state index in [2.05, 4.69) is 19.1 Å². The molecule has 2 fully saturated rings. The summed E-state index contributed by atoms with van der Waals surface area (Å²) in [4.78, 5) is 25.9. The zero-order valence-corrected chi connectivity index (χ0v) is 25.9. The van der Waals surface area contributed by atoms with Gasteiger partial charge in [-0.25, -0.2) is 4.79 Å². The summed E-state index contributed by atoms with van der Waals surface area (Å²) >= 11 is 0. The van der Waals surface area contributed by atoms with Crippen LogP contribution in [-0.4, -0.2) is 71.0 Å². The van der Waals surface area contributed by atoms with Crippen LogP contribution in [0.25, 0.3) is 0 Å². The highest BCUT2D eigenvalue weighted by Crippen LogP contribution is 2.30. The maximum Gasteiger partial charge on any atom is 0.471 e. The van der Waals surface area contributed by atoms with Gasteiger partial charge in [-0.15, -0.1) is 0 Å². The maximum atomic E-state index is 12.4. The lowest BCUT2D eigenvalue weighted by Crippen LogP contribution is -2.50. The van der Waals surface area contributed by atoms with E-state index < -0.39 is 23.3 Å². The van der Waals surface area contributed by atoms with Crippen LogP contribution in [0.5, 0.6) is 0 Å². The number of halogens is 3. The highest BCUT2D eigenvalue weighted by atomic mass is 19.4. The van der Waals surface area contributed by atoms with Gasteiger partial charge in [-0.2, -0.15) is 13.2 Å². The molecule has 0 aliphatic carbocycles. The number of rotatable bonds is 6. The zero-order chi connectivity index (χ0) is 31.7. The fourth-order valence-electron chi connectivity index (χ4n) is 4.80. The smallest absolute Gasteiger partial charge is 0.444 e. The summed E-state index contributed by atoms with van der Waals surface area (Å²) in [5.74, 6) is -1.76. The van der Waals surface area contributed by atoms with Gasteiger partial charge in [0.2, 0.25) is 0 Å². The lowest BCUT2D eigenvalue weighted by Gasteiger charge is -2.39. The van der Waals surface area contributed by atoms with Crippen LogP contribution in [0.3, 0.4) is 0 Å². The van der Waals surface area contributed by atoms with Crippen molar-refractivity contribution in [2.45, 2.75) is 96.5 Å². The van der Waals surface area contributed by atoms with Gasteiger partial charge in [0.25, 0.3) is 0 Å². The molecule has 0 unspecified atom stereocenters. The van der Waals surface area contributed by atoms with E-state index in [1.54, 1.807) is 4.90 Å². The van der Waals surface area contributed by atoms with Gasteiger partial charge in [0, 0.05) is 26.2 Å². The highest BCUT2D eigenvalue weighted by Gasteiger charge is 2.45. The molecule has 0 radical (unpaired) electrons. The number of alkyl halides is 3. The Morgan fingerprint density at radius 3 is 1.42 bits per heavy atom. The second kappa shape index (κ2) is 14.6. The first-order chi connectivity index (χ1) is 20.1. The Bertz CT molecular complexity index is 1150. The number of likely N-dealkylation sites (tertiary alicyclic amines) is 2. The Morgan fingerprint density at radius 1 is 0.698 bits per heavy atom. The third-order valence-electron chi connectivity index (χ3n) is 7.68. The van der Waals surface area contributed by atoms with E-state index in [1.807, 2.05) is 76.2 Å². The number of hydrogen-bond donors (Lipinski definition) is 0. The molecule has 0 spiro atoms. The summed E-state index contributed by atoms with van der Waals surface area (Å²) in [6.07, 6.45) is -2.54. The molecule has 2 aliphatic heterocycles. The second-order valence-corrected chi connectivity index (χ2v) is 12.7. The fourth-order valence-corrected chi connectivity index (χ4v) is 4.80. The number of piperidine rings is 2. The fraction of sp³-hybridized carbons (Fsp3) is 0.576. The number of ether oxygens (including phenoxy) is 3. The Balaban J connectivity index is 0.000000236. The Hall–Kier alpha value is -3.11. The van der Waals surface area contributed by atoms with Crippen LogP contribution in [0.2, 0.25) is 0 Å². The second-order valence-electron chi connectivity index (χ2n) is 12.7. The molecular weight excluding hydrogens is 561 g/mol. The van der Waals surface area contributed by atoms with E-state index in [4.69, 9.17) is 14.2 Å². The monoisotopic (exact) mass is 606 g/mol. The van der Waals surface area contributed by atoms with E-state index in [9.17, 15) is 22.8 Å². The van der Waals surface area contributed by atoms with Crippen molar-refractivity contribution in [3.63, 3.8) is 0 Å². The molecule has 0 aromatic heterocycles. The van der Waals surface area contributed by atoms with Crippen LogP contribution in [0.1, 0.15) is 71.4 Å². The Kier molecular flexibility index (Phi) is 11.7. The van der Waals surface area contributed by atoms with E-state index in [0.29, 0.717) is 39.1 Å². The third-order valence-corrected chi connectivity index (χ3v) is 7.68. The van der Waals surface area contributed by atoms with Crippen LogP contribution in [0, 0.1) is 0 Å². The van der Waals surface area contributed by atoms with Gasteiger partial charge in [0.05, 0.1) is 24.4 Å². The SMILES string of the molecule is CC(C)(C)OC(=O)N1CCC(C)(OCc2ccccc2)CC1.CC1(OCc2ccccc2)CCN(C(=O)C(F)(F)F)CC1. The Morgan fingerprint density at radius 2 is 1.07 bits per heavy atom. The number of nitrogens with zero attached hydrogens (tertiary/aromatic N) is 2. The molecule has 2 aromatic carbocycles. The van der Waals surface area contributed by atoms with Gasteiger partial charge >= 0.3 is 18.2 Å². The minimum Gasteiger partial charge on any atom is -0.444 e. The van der Waals surface area contributed by atoms with Crippen molar-refractivity contribution in [1.29, 1.82) is 0 Å². The largest absolute Gasteiger partial charge is 0.471 e. The van der Waals surface area contributed by atoms with Crippen molar-refractivity contribution in [2.75, 3.05) is 26.2 Å². The van der Waals surface area contributed by atoms with Crippen LogP contribution in [0.15, 0.2) is 60.7 Å². The van der Waals surface area contributed by atoms with Crippen molar-refractivity contribution in [3.8, 4) is 0 Å². The minimum atomic E-state index is -4.79. The van der Waals surface area contributed by atoms with Crippen molar-refractivity contribution in [2.24, 2.45) is 0 Å². The average Bonchev–Trinajstić information content (AvgIpc) is 2.96. The third kappa shape index (κ3) is 11.5. The number of carbonyl (C=O) groups is 2. The van der Waals surface area contributed by atoms with Gasteiger partial charge < -0.3 is 24.0 Å². The van der Waals surface area contributed by atoms with Crippen LogP contribution >= 0.6 is 0 Å². The molecule has 238 valence electrons. The number of amides is 2. The van der Waals surface area contributed by atoms with Crippen LogP contribution in [-0.2, 0) is 32.2 Å². The molecule has 2 saturated heterocycles. The number of hydrogen-bond acceptors (Lipinski definition) is 5. The first-order valence-corrected chi connectivity index (χ1v) is 14.8. The molecule has 0 atom stereocenters. The molecule has 2 aliphatic rings. The molecule has 10 heteroatoms. The van der Waals surface area contributed by atoms with Crippen molar-refractivity contribution < 1.29 is 37.0 Å². The summed E-state index contributed by atoms with van der Waals surface area (Å²) in [7, 11) is 0. The minimum absolute atomic E-state index is 0.0730. The Labute approximate surface area is 253 Å². The molecule has 0 N–H and O–H groups in total. The van der Waals surface area contributed by atoms with Gasteiger partial charge in [0.15, 0.2) is 0 Å². The van der Waals surface area contributed by atoms with E-state index in [0.717, 1.165) is 23.3 Å². The molecule has 0 bridgehead atoms. The normalized spacial score (nSPS) is 18.3. The molecular formula is C33H45F3N2O5. The molecule has 7 nitrogen and oxygen atoms in total. The average molecular weight is 607 g/mol. The molecule has 2 amide bonds. The van der Waals surface area contributed by atoms with E-state index >= 15 is 0 Å². The molecule has 4 rings (SSSR count). The summed E-state index contributed by atoms with van der Waals surface area (Å²) < 4.78 is 54.5. The highest BCUT2D eigenvalue weighted by molar-refractivity contribution is 5.81. The first kappa shape index (κ1) is 34.4. The molecule has 2 aromatic rings. The topological polar surface area (TPSA) is 68.3 Å². The predicted molar refractivity (Wildman–Crippen MR) is 158 cm³/mol. The molecule has 43 heavy (non-hydrogen) atoms. The standard InChI is InChI=1S/C18H27NO3.C15H18F3NO2/c1-17(2,3)22-16(20)19-12-10-18(4,11-13-19)21-14-15-8-6-5-7-9-15;1-14(21-11-12-5-3-2-4-6-12)7-9-19(10-8-14)13(20)15(16,17)18/h5-9H,10-14H2,1-4H3;2-6H,7-11H2,1H3. The van der Waals surface area contributed by atoms with Gasteiger partial charge in [-0.1, -0.05) is 60.7 Å². The van der Waals surface area contributed by atoms with Crippen LogP contribution in [0.4, 0.5) is 18.0 Å². The van der Waals surface area contributed by atoms with E-state index in [1.165, 1.54) is 5.56 Å². The summed E-state index contributed by atoms with van der Waals surface area (Å²) in [6, 6.07) is 19.8. The van der Waals surface area contributed by atoms with Crippen molar-refractivity contribution in [1.82, 2.24) is 9.80 Å². The van der Waals surface area contributed by atoms with E-state index in [-0.39, 0.29) is 24.8 Å². The molecule has 0 saturated carbocycles. The van der Waals surface area contributed by atoms with Crippen molar-refractivity contribution >= 4 is 12.0 Å². The summed E-state index contributed by atoms with van der Waals surface area (Å²) in [6.45, 7) is 12.2. The molecule has 2 heterocycles. The van der Waals surface area contributed by atoms with Gasteiger partial charge in [0.1, 0.15) is 5.60 Å². The zero-order valence-electron chi connectivity index (χ0n) is 25.9.